The highest BCUT2D eigenvalue weighted by Gasteiger charge is 2.22. The number of fused-ring (bicyclic) bond motifs is 1. The van der Waals surface area contributed by atoms with E-state index in [2.05, 4.69) is 6.07 Å². The molecule has 0 saturated carbocycles. The number of hydrogen-bond donors (Lipinski definition) is 1. The molecule has 3 nitrogen and oxygen atoms in total. The van der Waals surface area contributed by atoms with Crippen LogP contribution >= 0.6 is 0 Å². The Morgan fingerprint density at radius 3 is 3.06 bits per heavy atom. The third-order valence-corrected chi connectivity index (χ3v) is 3.03. The molecule has 16 heavy (non-hydrogen) atoms. The lowest BCUT2D eigenvalue weighted by molar-refractivity contribution is 0.203. The van der Waals surface area contributed by atoms with Gasteiger partial charge >= 0.3 is 0 Å². The molecular formula is C13H19NO2. The van der Waals surface area contributed by atoms with Gasteiger partial charge in [0.25, 0.3) is 0 Å². The van der Waals surface area contributed by atoms with Crippen LogP contribution in [0.5, 0.6) is 11.5 Å². The van der Waals surface area contributed by atoms with Gasteiger partial charge in [0.05, 0.1) is 13.2 Å². The zero-order valence-electron chi connectivity index (χ0n) is 9.90. The number of ether oxygens (including phenoxy) is 2. The standard InChI is InChI=1S/C13H19NO2/c1-3-15-12-5-4-10-6-11(9(2)14)8-16-13(10)7-12/h4-5,7,9,11H,3,6,8,14H2,1-2H3/t9-,11?/m0/s1. The smallest absolute Gasteiger partial charge is 0.126 e. The van der Waals surface area contributed by atoms with Crippen LogP contribution in [0.15, 0.2) is 18.2 Å². The molecule has 0 radical (unpaired) electrons. The monoisotopic (exact) mass is 221 g/mol. The Labute approximate surface area is 96.5 Å². The second-order valence-electron chi connectivity index (χ2n) is 4.34. The quantitative estimate of drug-likeness (QED) is 0.849. The Kier molecular flexibility index (Phi) is 3.34. The molecule has 0 fully saturated rings. The maximum atomic E-state index is 5.90. The van der Waals surface area contributed by atoms with E-state index in [1.807, 2.05) is 26.0 Å². The average Bonchev–Trinajstić information content (AvgIpc) is 2.28. The molecule has 2 atom stereocenters. The van der Waals surface area contributed by atoms with E-state index < -0.39 is 0 Å². The maximum Gasteiger partial charge on any atom is 0.126 e. The van der Waals surface area contributed by atoms with E-state index in [0.717, 1.165) is 17.9 Å². The zero-order chi connectivity index (χ0) is 11.5. The molecule has 1 aromatic rings. The predicted octanol–water partition coefficient (Wildman–Crippen LogP) is 1.98. The summed E-state index contributed by atoms with van der Waals surface area (Å²) in [4.78, 5) is 0. The second-order valence-corrected chi connectivity index (χ2v) is 4.34. The van der Waals surface area contributed by atoms with Gasteiger partial charge in [-0.3, -0.25) is 0 Å². The Hall–Kier alpha value is -1.22. The molecule has 1 aliphatic rings. The van der Waals surface area contributed by atoms with Crippen LogP contribution in [0, 0.1) is 5.92 Å². The van der Waals surface area contributed by atoms with E-state index in [-0.39, 0.29) is 6.04 Å². The molecule has 1 heterocycles. The molecule has 1 unspecified atom stereocenters. The highest BCUT2D eigenvalue weighted by Crippen LogP contribution is 2.31. The van der Waals surface area contributed by atoms with Gasteiger partial charge < -0.3 is 15.2 Å². The lowest BCUT2D eigenvalue weighted by atomic mass is 9.92. The van der Waals surface area contributed by atoms with Crippen molar-refractivity contribution < 1.29 is 9.47 Å². The van der Waals surface area contributed by atoms with Gasteiger partial charge in [-0.25, -0.2) is 0 Å². The Balaban J connectivity index is 2.15. The summed E-state index contributed by atoms with van der Waals surface area (Å²) < 4.78 is 11.2. The largest absolute Gasteiger partial charge is 0.494 e. The molecule has 0 spiro atoms. The first-order valence-electron chi connectivity index (χ1n) is 5.84. The number of rotatable bonds is 3. The van der Waals surface area contributed by atoms with Crippen molar-refractivity contribution in [3.05, 3.63) is 23.8 Å². The summed E-state index contributed by atoms with van der Waals surface area (Å²) in [6, 6.07) is 6.22. The van der Waals surface area contributed by atoms with Gasteiger partial charge in [0, 0.05) is 18.0 Å². The lowest BCUT2D eigenvalue weighted by Gasteiger charge is -2.28. The van der Waals surface area contributed by atoms with Gasteiger partial charge in [0.2, 0.25) is 0 Å². The van der Waals surface area contributed by atoms with Crippen LogP contribution in [0.25, 0.3) is 0 Å². The van der Waals surface area contributed by atoms with E-state index >= 15 is 0 Å². The molecule has 88 valence electrons. The molecule has 2 N–H and O–H groups in total. The minimum Gasteiger partial charge on any atom is -0.494 e. The van der Waals surface area contributed by atoms with Crippen molar-refractivity contribution in [1.29, 1.82) is 0 Å². The molecule has 1 aromatic carbocycles. The fourth-order valence-electron chi connectivity index (χ4n) is 1.97. The molecule has 3 heteroatoms. The van der Waals surface area contributed by atoms with Crippen molar-refractivity contribution in [3.8, 4) is 11.5 Å². The van der Waals surface area contributed by atoms with E-state index in [1.165, 1.54) is 5.56 Å². The van der Waals surface area contributed by atoms with Gasteiger partial charge in [0.1, 0.15) is 11.5 Å². The fourth-order valence-corrected chi connectivity index (χ4v) is 1.97. The topological polar surface area (TPSA) is 44.5 Å². The summed E-state index contributed by atoms with van der Waals surface area (Å²) in [5.41, 5.74) is 7.13. The number of hydrogen-bond acceptors (Lipinski definition) is 3. The molecule has 0 bridgehead atoms. The zero-order valence-corrected chi connectivity index (χ0v) is 9.90. The molecule has 1 aliphatic heterocycles. The van der Waals surface area contributed by atoms with Crippen molar-refractivity contribution in [2.24, 2.45) is 11.7 Å². The van der Waals surface area contributed by atoms with Gasteiger partial charge in [-0.15, -0.1) is 0 Å². The van der Waals surface area contributed by atoms with Crippen LogP contribution in [-0.4, -0.2) is 19.3 Å². The third kappa shape index (κ3) is 2.30. The summed E-state index contributed by atoms with van der Waals surface area (Å²) in [5, 5.41) is 0. The highest BCUT2D eigenvalue weighted by molar-refractivity contribution is 5.42. The maximum absolute atomic E-state index is 5.90. The summed E-state index contributed by atoms with van der Waals surface area (Å²) in [6.07, 6.45) is 0.999. The third-order valence-electron chi connectivity index (χ3n) is 3.03. The minimum absolute atomic E-state index is 0.180. The minimum atomic E-state index is 0.180. The first-order chi connectivity index (χ1) is 7.70. The lowest BCUT2D eigenvalue weighted by Crippen LogP contribution is -2.35. The van der Waals surface area contributed by atoms with Crippen LogP contribution in [0.4, 0.5) is 0 Å². The highest BCUT2D eigenvalue weighted by atomic mass is 16.5. The summed E-state index contributed by atoms with van der Waals surface area (Å²) >= 11 is 0. The molecular weight excluding hydrogens is 202 g/mol. The Morgan fingerprint density at radius 2 is 2.38 bits per heavy atom. The summed E-state index contributed by atoms with van der Waals surface area (Å²) in [7, 11) is 0. The van der Waals surface area contributed by atoms with Gasteiger partial charge in [-0.1, -0.05) is 6.07 Å². The van der Waals surface area contributed by atoms with E-state index in [1.54, 1.807) is 0 Å². The molecule has 0 aliphatic carbocycles. The van der Waals surface area contributed by atoms with Crippen molar-refractivity contribution in [1.82, 2.24) is 0 Å². The first kappa shape index (κ1) is 11.3. The second kappa shape index (κ2) is 4.74. The Bertz CT molecular complexity index is 363. The van der Waals surface area contributed by atoms with Crippen LogP contribution in [0.3, 0.4) is 0 Å². The van der Waals surface area contributed by atoms with Crippen molar-refractivity contribution >= 4 is 0 Å². The summed E-state index contributed by atoms with van der Waals surface area (Å²) in [6.45, 7) is 5.40. The van der Waals surface area contributed by atoms with E-state index in [0.29, 0.717) is 19.1 Å². The van der Waals surface area contributed by atoms with E-state index in [9.17, 15) is 0 Å². The molecule has 2 rings (SSSR count). The number of benzene rings is 1. The molecule has 0 aromatic heterocycles. The van der Waals surface area contributed by atoms with Crippen LogP contribution in [0.1, 0.15) is 19.4 Å². The normalized spacial score (nSPS) is 20.8. The first-order valence-corrected chi connectivity index (χ1v) is 5.84. The van der Waals surface area contributed by atoms with Crippen LogP contribution < -0.4 is 15.2 Å². The molecule has 0 saturated heterocycles. The average molecular weight is 221 g/mol. The predicted molar refractivity (Wildman–Crippen MR) is 63.9 cm³/mol. The van der Waals surface area contributed by atoms with Crippen molar-refractivity contribution in [3.63, 3.8) is 0 Å². The Morgan fingerprint density at radius 1 is 1.56 bits per heavy atom. The van der Waals surface area contributed by atoms with Crippen LogP contribution in [-0.2, 0) is 6.42 Å². The SMILES string of the molecule is CCOc1ccc2c(c1)OCC([C@H](C)N)C2. The molecule has 0 amide bonds. The number of nitrogens with two attached hydrogens (primary N) is 1. The van der Waals surface area contributed by atoms with Gasteiger partial charge in [0.15, 0.2) is 0 Å². The van der Waals surface area contributed by atoms with Crippen molar-refractivity contribution in [2.75, 3.05) is 13.2 Å². The van der Waals surface area contributed by atoms with E-state index in [4.69, 9.17) is 15.2 Å². The fraction of sp³-hybridized carbons (Fsp3) is 0.538. The van der Waals surface area contributed by atoms with Crippen LogP contribution in [0.2, 0.25) is 0 Å². The van der Waals surface area contributed by atoms with Gasteiger partial charge in [-0.05, 0) is 31.9 Å². The summed E-state index contributed by atoms with van der Waals surface area (Å²) in [5.74, 6) is 2.24. The van der Waals surface area contributed by atoms with Gasteiger partial charge in [-0.2, -0.15) is 0 Å². The van der Waals surface area contributed by atoms with Crippen molar-refractivity contribution in [2.45, 2.75) is 26.3 Å².